The Morgan fingerprint density at radius 1 is 1.31 bits per heavy atom. The van der Waals surface area contributed by atoms with E-state index in [1.54, 1.807) is 0 Å². The van der Waals surface area contributed by atoms with Gasteiger partial charge in [0.15, 0.2) is 0 Å². The van der Waals surface area contributed by atoms with E-state index in [2.05, 4.69) is 23.5 Å². The molecule has 0 spiro atoms. The van der Waals surface area contributed by atoms with Gasteiger partial charge in [0, 0.05) is 19.4 Å². The molecule has 0 unspecified atom stereocenters. The van der Waals surface area contributed by atoms with Crippen LogP contribution in [0.5, 0.6) is 0 Å². The van der Waals surface area contributed by atoms with Crippen molar-refractivity contribution in [2.24, 2.45) is 0 Å². The van der Waals surface area contributed by atoms with Gasteiger partial charge < -0.3 is 5.11 Å². The highest BCUT2D eigenvalue weighted by Gasteiger charge is 2.36. The molecule has 0 aromatic heterocycles. The van der Waals surface area contributed by atoms with Gasteiger partial charge in [0.2, 0.25) is 0 Å². The third-order valence-corrected chi connectivity index (χ3v) is 3.12. The van der Waals surface area contributed by atoms with Gasteiger partial charge in [-0.3, -0.25) is 5.32 Å². The number of nitriles is 1. The number of aliphatic hydroxyl groups excluding tert-OH is 1. The highest BCUT2D eigenvalue weighted by atomic mass is 16.3. The number of benzene rings is 1. The molecule has 0 bridgehead atoms. The third kappa shape index (κ3) is 2.08. The van der Waals surface area contributed by atoms with Crippen molar-refractivity contribution in [2.75, 3.05) is 13.2 Å². The molecule has 0 saturated carbocycles. The first-order chi connectivity index (χ1) is 7.79. The maximum atomic E-state index is 9.31. The summed E-state index contributed by atoms with van der Waals surface area (Å²) in [6.07, 6.45) is 2.23. The summed E-state index contributed by atoms with van der Waals surface area (Å²) in [5.74, 6) is 0. The van der Waals surface area contributed by atoms with E-state index in [-0.39, 0.29) is 6.61 Å². The molecule has 1 aromatic carbocycles. The highest BCUT2D eigenvalue weighted by molar-refractivity contribution is 5.39. The fourth-order valence-corrected chi connectivity index (χ4v) is 2.27. The van der Waals surface area contributed by atoms with Gasteiger partial charge in [0.25, 0.3) is 0 Å². The maximum Gasteiger partial charge on any atom is 0.114 e. The van der Waals surface area contributed by atoms with Crippen molar-refractivity contribution in [3.8, 4) is 6.07 Å². The van der Waals surface area contributed by atoms with Crippen molar-refractivity contribution in [2.45, 2.75) is 24.8 Å². The molecule has 0 fully saturated rings. The lowest BCUT2D eigenvalue weighted by Crippen LogP contribution is -2.45. The quantitative estimate of drug-likeness (QED) is 0.739. The molecule has 0 atom stereocenters. The largest absolute Gasteiger partial charge is 0.396 e. The molecular weight excluding hydrogens is 200 g/mol. The lowest BCUT2D eigenvalue weighted by molar-refractivity contribution is 0.278. The van der Waals surface area contributed by atoms with Gasteiger partial charge in [0.1, 0.15) is 5.54 Å². The second kappa shape index (κ2) is 4.65. The molecule has 84 valence electrons. The van der Waals surface area contributed by atoms with Gasteiger partial charge in [-0.2, -0.15) is 5.26 Å². The van der Waals surface area contributed by atoms with Crippen LogP contribution < -0.4 is 5.32 Å². The van der Waals surface area contributed by atoms with E-state index in [9.17, 15) is 5.26 Å². The number of hydrogen-bond donors (Lipinski definition) is 2. The van der Waals surface area contributed by atoms with Crippen LogP contribution in [0, 0.1) is 11.3 Å². The summed E-state index contributed by atoms with van der Waals surface area (Å²) in [5, 5.41) is 21.3. The topological polar surface area (TPSA) is 56.0 Å². The van der Waals surface area contributed by atoms with E-state index in [0.717, 1.165) is 12.8 Å². The molecule has 2 N–H and O–H groups in total. The average molecular weight is 216 g/mol. The van der Waals surface area contributed by atoms with Gasteiger partial charge >= 0.3 is 0 Å². The summed E-state index contributed by atoms with van der Waals surface area (Å²) < 4.78 is 0. The van der Waals surface area contributed by atoms with Crippen LogP contribution in [0.1, 0.15) is 17.5 Å². The van der Waals surface area contributed by atoms with Gasteiger partial charge in [-0.1, -0.05) is 24.3 Å². The van der Waals surface area contributed by atoms with Crippen molar-refractivity contribution in [1.82, 2.24) is 5.32 Å². The average Bonchev–Trinajstić information content (AvgIpc) is 2.68. The van der Waals surface area contributed by atoms with Crippen LogP contribution in [-0.4, -0.2) is 23.8 Å². The smallest absolute Gasteiger partial charge is 0.114 e. The maximum absolute atomic E-state index is 9.31. The fraction of sp³-hybridized carbons (Fsp3) is 0.462. The lowest BCUT2D eigenvalue weighted by atomic mass is 9.97. The molecule has 0 radical (unpaired) electrons. The standard InChI is InChI=1S/C13H16N2O/c14-10-13(15-6-3-7-16)8-11-4-1-2-5-12(11)9-13/h1-2,4-5,15-16H,3,6-9H2. The number of nitrogens with one attached hydrogen (secondary N) is 1. The van der Waals surface area contributed by atoms with Crippen LogP contribution >= 0.6 is 0 Å². The lowest BCUT2D eigenvalue weighted by Gasteiger charge is -2.21. The SMILES string of the molecule is N#CC1(NCCCO)Cc2ccccc2C1. The molecule has 1 aromatic rings. The van der Waals surface area contributed by atoms with Crippen molar-refractivity contribution < 1.29 is 5.11 Å². The number of hydrogen-bond acceptors (Lipinski definition) is 3. The van der Waals surface area contributed by atoms with E-state index in [1.165, 1.54) is 11.1 Å². The highest BCUT2D eigenvalue weighted by Crippen LogP contribution is 2.29. The zero-order valence-corrected chi connectivity index (χ0v) is 9.24. The number of fused-ring (bicyclic) bond motifs is 1. The predicted molar refractivity (Wildman–Crippen MR) is 61.9 cm³/mol. The van der Waals surface area contributed by atoms with Crippen molar-refractivity contribution in [3.63, 3.8) is 0 Å². The van der Waals surface area contributed by atoms with Gasteiger partial charge in [0.05, 0.1) is 6.07 Å². The Balaban J connectivity index is 2.08. The Kier molecular flexibility index (Phi) is 3.23. The summed E-state index contributed by atoms with van der Waals surface area (Å²) in [6, 6.07) is 10.6. The Labute approximate surface area is 95.7 Å². The molecule has 0 saturated heterocycles. The minimum Gasteiger partial charge on any atom is -0.396 e. The van der Waals surface area contributed by atoms with E-state index in [0.29, 0.717) is 13.0 Å². The summed E-state index contributed by atoms with van der Waals surface area (Å²) in [5.41, 5.74) is 2.07. The van der Waals surface area contributed by atoms with E-state index in [1.807, 2.05) is 12.1 Å². The second-order valence-corrected chi connectivity index (χ2v) is 4.32. The van der Waals surface area contributed by atoms with Gasteiger partial charge in [-0.05, 0) is 24.1 Å². The molecule has 16 heavy (non-hydrogen) atoms. The molecule has 0 amide bonds. The fourth-order valence-electron chi connectivity index (χ4n) is 2.27. The number of aliphatic hydroxyl groups is 1. The summed E-state index contributed by atoms with van der Waals surface area (Å²) in [6.45, 7) is 0.861. The Morgan fingerprint density at radius 3 is 2.44 bits per heavy atom. The minimum atomic E-state index is -0.459. The Morgan fingerprint density at radius 2 is 1.94 bits per heavy atom. The van der Waals surface area contributed by atoms with Crippen LogP contribution in [0.2, 0.25) is 0 Å². The van der Waals surface area contributed by atoms with E-state index in [4.69, 9.17) is 5.11 Å². The van der Waals surface area contributed by atoms with Crippen molar-refractivity contribution >= 4 is 0 Å². The van der Waals surface area contributed by atoms with Crippen molar-refractivity contribution in [1.29, 1.82) is 5.26 Å². The predicted octanol–water partition coefficient (Wildman–Crippen LogP) is 1.02. The molecular formula is C13H16N2O. The molecule has 2 rings (SSSR count). The summed E-state index contributed by atoms with van der Waals surface area (Å²) >= 11 is 0. The Bertz CT molecular complexity index is 384. The van der Waals surface area contributed by atoms with Gasteiger partial charge in [-0.15, -0.1) is 0 Å². The summed E-state index contributed by atoms with van der Waals surface area (Å²) in [7, 11) is 0. The molecule has 0 aliphatic heterocycles. The van der Waals surface area contributed by atoms with Crippen LogP contribution in [0.4, 0.5) is 0 Å². The molecule has 1 aliphatic carbocycles. The molecule has 1 aliphatic rings. The number of nitrogens with zero attached hydrogens (tertiary/aromatic N) is 1. The van der Waals surface area contributed by atoms with Crippen LogP contribution in [-0.2, 0) is 12.8 Å². The third-order valence-electron chi connectivity index (χ3n) is 3.12. The number of rotatable bonds is 4. The Hall–Kier alpha value is -1.37. The zero-order valence-electron chi connectivity index (χ0n) is 9.24. The minimum absolute atomic E-state index is 0.168. The van der Waals surface area contributed by atoms with Crippen LogP contribution in [0.15, 0.2) is 24.3 Å². The van der Waals surface area contributed by atoms with Gasteiger partial charge in [-0.25, -0.2) is 0 Å². The summed E-state index contributed by atoms with van der Waals surface area (Å²) in [4.78, 5) is 0. The first-order valence-corrected chi connectivity index (χ1v) is 5.63. The van der Waals surface area contributed by atoms with E-state index >= 15 is 0 Å². The molecule has 3 heteroatoms. The van der Waals surface area contributed by atoms with Crippen LogP contribution in [0.3, 0.4) is 0 Å². The molecule has 3 nitrogen and oxygen atoms in total. The monoisotopic (exact) mass is 216 g/mol. The second-order valence-electron chi connectivity index (χ2n) is 4.32. The first kappa shape index (κ1) is 11.1. The normalized spacial score (nSPS) is 16.8. The van der Waals surface area contributed by atoms with Crippen LogP contribution in [0.25, 0.3) is 0 Å². The van der Waals surface area contributed by atoms with E-state index < -0.39 is 5.54 Å². The molecule has 0 heterocycles. The first-order valence-electron chi connectivity index (χ1n) is 5.63. The zero-order chi connectivity index (χ0) is 11.4. The van der Waals surface area contributed by atoms with Crippen molar-refractivity contribution in [3.05, 3.63) is 35.4 Å².